The van der Waals surface area contributed by atoms with Crippen LogP contribution in [-0.4, -0.2) is 26.2 Å². The van der Waals surface area contributed by atoms with Crippen LogP contribution in [0.1, 0.15) is 6.92 Å². The Labute approximate surface area is 93.4 Å². The molecule has 0 bridgehead atoms. The van der Waals surface area contributed by atoms with Gasteiger partial charge in [-0.3, -0.25) is 4.79 Å². The van der Waals surface area contributed by atoms with Gasteiger partial charge in [-0.25, -0.2) is 4.39 Å². The normalized spacial score (nSPS) is 9.94. The molecule has 1 N–H and O–H groups in total. The molecule has 0 saturated heterocycles. The van der Waals surface area contributed by atoms with Crippen molar-refractivity contribution in [1.82, 2.24) is 0 Å². The monoisotopic (exact) mass is 227 g/mol. The van der Waals surface area contributed by atoms with Crippen molar-refractivity contribution in [2.75, 3.05) is 25.6 Å². The number of halogens is 1. The van der Waals surface area contributed by atoms with Crippen molar-refractivity contribution in [1.29, 1.82) is 0 Å². The molecule has 0 spiro atoms. The van der Waals surface area contributed by atoms with Gasteiger partial charge in [0.15, 0.2) is 11.6 Å². The largest absolute Gasteiger partial charge is 0.491 e. The van der Waals surface area contributed by atoms with Crippen LogP contribution in [0.15, 0.2) is 18.2 Å². The Balaban J connectivity index is 2.69. The van der Waals surface area contributed by atoms with E-state index in [4.69, 9.17) is 4.74 Å². The lowest BCUT2D eigenvalue weighted by atomic mass is 10.3. The first-order valence-electron chi connectivity index (χ1n) is 4.88. The summed E-state index contributed by atoms with van der Waals surface area (Å²) in [5, 5.41) is 2.49. The van der Waals surface area contributed by atoms with Gasteiger partial charge in [-0.15, -0.1) is 0 Å². The minimum Gasteiger partial charge on any atom is -0.491 e. The van der Waals surface area contributed by atoms with E-state index in [1.54, 1.807) is 13.0 Å². The fourth-order valence-corrected chi connectivity index (χ4v) is 1.18. The Morgan fingerprint density at radius 1 is 1.50 bits per heavy atom. The first-order valence-corrected chi connectivity index (χ1v) is 4.88. The average molecular weight is 227 g/mol. The zero-order valence-corrected chi connectivity index (χ0v) is 9.25. The van der Waals surface area contributed by atoms with Crippen LogP contribution in [0.3, 0.4) is 0 Å². The second kappa shape index (κ2) is 6.07. The molecule has 4 nitrogen and oxygen atoms in total. The Hall–Kier alpha value is -1.62. The predicted octanol–water partition coefficient (Wildman–Crippen LogP) is 1.81. The van der Waals surface area contributed by atoms with Crippen molar-refractivity contribution in [2.24, 2.45) is 0 Å². The second-order valence-corrected chi connectivity index (χ2v) is 3.06. The van der Waals surface area contributed by atoms with E-state index in [2.05, 4.69) is 10.1 Å². The summed E-state index contributed by atoms with van der Waals surface area (Å²) in [6.45, 7) is 2.11. The zero-order chi connectivity index (χ0) is 12.0. The number of amides is 1. The molecule has 0 aliphatic heterocycles. The fourth-order valence-electron chi connectivity index (χ4n) is 1.18. The van der Waals surface area contributed by atoms with E-state index in [9.17, 15) is 9.18 Å². The SMILES string of the molecule is CCOc1ccc(NC(=O)COC)cc1F. The van der Waals surface area contributed by atoms with Crippen LogP contribution < -0.4 is 10.1 Å². The molecule has 0 heterocycles. The molecular formula is C11H14FNO3. The number of methoxy groups -OCH3 is 1. The second-order valence-electron chi connectivity index (χ2n) is 3.06. The molecule has 0 radical (unpaired) electrons. The average Bonchev–Trinajstić information content (AvgIpc) is 2.22. The summed E-state index contributed by atoms with van der Waals surface area (Å²) >= 11 is 0. The van der Waals surface area contributed by atoms with Gasteiger partial charge in [-0.2, -0.15) is 0 Å². The van der Waals surface area contributed by atoms with Gasteiger partial charge in [0.05, 0.1) is 6.61 Å². The summed E-state index contributed by atoms with van der Waals surface area (Å²) in [6.07, 6.45) is 0. The molecule has 0 aliphatic rings. The van der Waals surface area contributed by atoms with Gasteiger partial charge in [-0.05, 0) is 19.1 Å². The first kappa shape index (κ1) is 12.4. The van der Waals surface area contributed by atoms with Crippen LogP contribution >= 0.6 is 0 Å². The molecule has 0 unspecified atom stereocenters. The number of ether oxygens (including phenoxy) is 2. The third-order valence-corrected chi connectivity index (χ3v) is 1.79. The molecule has 16 heavy (non-hydrogen) atoms. The standard InChI is InChI=1S/C11H14FNO3/c1-3-16-10-5-4-8(6-9(10)12)13-11(14)7-15-2/h4-6H,3,7H2,1-2H3,(H,13,14). The molecule has 0 atom stereocenters. The van der Waals surface area contributed by atoms with Gasteiger partial charge < -0.3 is 14.8 Å². The van der Waals surface area contributed by atoms with Gasteiger partial charge in [0.2, 0.25) is 5.91 Å². The fraction of sp³-hybridized carbons (Fsp3) is 0.364. The molecule has 1 amide bonds. The molecule has 1 aromatic carbocycles. The molecular weight excluding hydrogens is 213 g/mol. The quantitative estimate of drug-likeness (QED) is 0.834. The maximum atomic E-state index is 13.4. The highest BCUT2D eigenvalue weighted by molar-refractivity contribution is 5.91. The minimum absolute atomic E-state index is 0.0607. The molecule has 0 aliphatic carbocycles. The van der Waals surface area contributed by atoms with E-state index in [0.29, 0.717) is 12.3 Å². The number of carbonyl (C=O) groups is 1. The van der Waals surface area contributed by atoms with Crippen molar-refractivity contribution >= 4 is 11.6 Å². The van der Waals surface area contributed by atoms with Crippen LogP contribution in [0.25, 0.3) is 0 Å². The Kier molecular flexibility index (Phi) is 4.72. The molecule has 0 aromatic heterocycles. The van der Waals surface area contributed by atoms with Crippen molar-refractivity contribution in [2.45, 2.75) is 6.92 Å². The van der Waals surface area contributed by atoms with Crippen LogP contribution in [-0.2, 0) is 9.53 Å². The highest BCUT2D eigenvalue weighted by Crippen LogP contribution is 2.20. The third kappa shape index (κ3) is 3.51. The van der Waals surface area contributed by atoms with Crippen molar-refractivity contribution < 1.29 is 18.7 Å². The van der Waals surface area contributed by atoms with Gasteiger partial charge in [-0.1, -0.05) is 0 Å². The molecule has 0 fully saturated rings. The summed E-state index contributed by atoms with van der Waals surface area (Å²) in [7, 11) is 1.42. The van der Waals surface area contributed by atoms with Gasteiger partial charge in [0, 0.05) is 18.9 Å². The third-order valence-electron chi connectivity index (χ3n) is 1.79. The van der Waals surface area contributed by atoms with Crippen molar-refractivity contribution in [3.05, 3.63) is 24.0 Å². The molecule has 0 saturated carbocycles. The van der Waals surface area contributed by atoms with E-state index in [1.807, 2.05) is 0 Å². The van der Waals surface area contributed by atoms with Crippen molar-refractivity contribution in [3.8, 4) is 5.75 Å². The van der Waals surface area contributed by atoms with Crippen LogP contribution in [0, 0.1) is 5.82 Å². The summed E-state index contributed by atoms with van der Waals surface area (Å²) in [4.78, 5) is 11.1. The van der Waals surface area contributed by atoms with E-state index < -0.39 is 5.82 Å². The van der Waals surface area contributed by atoms with Crippen LogP contribution in [0.5, 0.6) is 5.75 Å². The van der Waals surface area contributed by atoms with Crippen LogP contribution in [0.2, 0.25) is 0 Å². The lowest BCUT2D eigenvalue weighted by molar-refractivity contribution is -0.119. The highest BCUT2D eigenvalue weighted by atomic mass is 19.1. The number of nitrogens with one attached hydrogen (secondary N) is 1. The summed E-state index contributed by atoms with van der Waals surface area (Å²) in [5.41, 5.74) is 0.378. The lowest BCUT2D eigenvalue weighted by Gasteiger charge is -2.07. The predicted molar refractivity (Wildman–Crippen MR) is 58.1 cm³/mol. The Morgan fingerprint density at radius 3 is 2.81 bits per heavy atom. The number of hydrogen-bond acceptors (Lipinski definition) is 3. The molecule has 1 rings (SSSR count). The molecule has 5 heteroatoms. The van der Waals surface area contributed by atoms with Gasteiger partial charge in [0.1, 0.15) is 6.61 Å². The summed E-state index contributed by atoms with van der Waals surface area (Å²) < 4.78 is 23.0. The Morgan fingerprint density at radius 2 is 2.25 bits per heavy atom. The minimum atomic E-state index is -0.503. The van der Waals surface area contributed by atoms with Gasteiger partial charge >= 0.3 is 0 Å². The van der Waals surface area contributed by atoms with E-state index in [1.165, 1.54) is 19.2 Å². The smallest absolute Gasteiger partial charge is 0.250 e. The van der Waals surface area contributed by atoms with E-state index >= 15 is 0 Å². The summed E-state index contributed by atoms with van der Waals surface area (Å²) in [6, 6.07) is 4.25. The molecule has 1 aromatic rings. The highest BCUT2D eigenvalue weighted by Gasteiger charge is 2.06. The van der Waals surface area contributed by atoms with Gasteiger partial charge in [0.25, 0.3) is 0 Å². The maximum absolute atomic E-state index is 13.4. The Bertz CT molecular complexity index is 368. The van der Waals surface area contributed by atoms with Crippen LogP contribution in [0.4, 0.5) is 10.1 Å². The number of anilines is 1. The number of rotatable bonds is 5. The maximum Gasteiger partial charge on any atom is 0.250 e. The van der Waals surface area contributed by atoms with Crippen molar-refractivity contribution in [3.63, 3.8) is 0 Å². The molecule has 88 valence electrons. The summed E-state index contributed by atoms with van der Waals surface area (Å²) in [5.74, 6) is -0.657. The number of carbonyl (C=O) groups excluding carboxylic acids is 1. The number of hydrogen-bond donors (Lipinski definition) is 1. The zero-order valence-electron chi connectivity index (χ0n) is 9.25. The topological polar surface area (TPSA) is 47.6 Å². The first-order chi connectivity index (χ1) is 7.67. The van der Waals surface area contributed by atoms with E-state index in [0.717, 1.165) is 0 Å². The number of benzene rings is 1. The van der Waals surface area contributed by atoms with E-state index in [-0.39, 0.29) is 18.3 Å². The lowest BCUT2D eigenvalue weighted by Crippen LogP contribution is -2.17.